The number of hydrogen-bond acceptors (Lipinski definition) is 5. The van der Waals surface area contributed by atoms with Crippen LogP contribution in [0.15, 0.2) is 24.4 Å². The lowest BCUT2D eigenvalue weighted by Crippen LogP contribution is -2.31. The van der Waals surface area contributed by atoms with E-state index in [1.165, 1.54) is 12.3 Å². The van der Waals surface area contributed by atoms with E-state index in [-0.39, 0.29) is 12.1 Å². The number of nitrogens with one attached hydrogen (secondary N) is 1. The Labute approximate surface area is 114 Å². The van der Waals surface area contributed by atoms with E-state index in [4.69, 9.17) is 5.26 Å². The van der Waals surface area contributed by atoms with Gasteiger partial charge in [0.25, 0.3) is 0 Å². The molecular weight excluding hydrogens is 261 g/mol. The van der Waals surface area contributed by atoms with E-state index in [2.05, 4.69) is 15.4 Å². The highest BCUT2D eigenvalue weighted by molar-refractivity contribution is 5.52. The van der Waals surface area contributed by atoms with E-state index in [1.807, 2.05) is 6.07 Å². The average Bonchev–Trinajstić information content (AvgIpc) is 3.09. The van der Waals surface area contributed by atoms with Gasteiger partial charge in [-0.3, -0.25) is 0 Å². The maximum Gasteiger partial charge on any atom is 0.147 e. The van der Waals surface area contributed by atoms with Crippen molar-refractivity contribution in [1.82, 2.24) is 15.4 Å². The van der Waals surface area contributed by atoms with Gasteiger partial charge in [0.2, 0.25) is 0 Å². The monoisotopic (exact) mass is 273 g/mol. The Balaban J connectivity index is 1.86. The van der Waals surface area contributed by atoms with Gasteiger partial charge in [-0.25, -0.2) is 4.39 Å². The molecule has 1 aliphatic rings. The predicted molar refractivity (Wildman–Crippen MR) is 68.2 cm³/mol. The van der Waals surface area contributed by atoms with Gasteiger partial charge in [0.1, 0.15) is 17.1 Å². The maximum atomic E-state index is 14.0. The molecule has 2 aromatic rings. The number of hydrogen-bond donors (Lipinski definition) is 2. The summed E-state index contributed by atoms with van der Waals surface area (Å²) in [5, 5.41) is 29.3. The van der Waals surface area contributed by atoms with Gasteiger partial charge in [-0.05, 0) is 18.2 Å². The van der Waals surface area contributed by atoms with Crippen LogP contribution in [-0.4, -0.2) is 33.6 Å². The van der Waals surface area contributed by atoms with E-state index in [0.717, 1.165) is 0 Å². The minimum atomic E-state index is -1.13. The summed E-state index contributed by atoms with van der Waals surface area (Å²) in [5.74, 6) is -0.464. The molecule has 20 heavy (non-hydrogen) atoms. The molecule has 0 aliphatic carbocycles. The van der Waals surface area contributed by atoms with Crippen molar-refractivity contribution < 1.29 is 9.50 Å². The minimum Gasteiger partial charge on any atom is -0.381 e. The summed E-state index contributed by atoms with van der Waals surface area (Å²) in [6.45, 7) is 0.745. The summed E-state index contributed by atoms with van der Waals surface area (Å²) in [6, 6.07) is 6.21. The summed E-state index contributed by atoms with van der Waals surface area (Å²) in [5.41, 5.74) is -0.0254. The second-order valence-electron chi connectivity index (χ2n) is 4.84. The molecule has 1 aliphatic heterocycles. The molecule has 3 rings (SSSR count). The lowest BCUT2D eigenvalue weighted by Gasteiger charge is -2.22. The molecule has 0 amide bonds. The summed E-state index contributed by atoms with van der Waals surface area (Å²) >= 11 is 0. The van der Waals surface area contributed by atoms with Gasteiger partial charge in [-0.1, -0.05) is 0 Å². The van der Waals surface area contributed by atoms with Crippen molar-refractivity contribution in [3.8, 4) is 6.07 Å². The predicted octanol–water partition coefficient (Wildman–Crippen LogP) is 0.913. The van der Waals surface area contributed by atoms with Crippen molar-refractivity contribution in [3.63, 3.8) is 0 Å². The van der Waals surface area contributed by atoms with Gasteiger partial charge in [0, 0.05) is 13.0 Å². The van der Waals surface area contributed by atoms with E-state index in [0.29, 0.717) is 24.3 Å². The number of nitriles is 1. The third-order valence-electron chi connectivity index (χ3n) is 3.56. The summed E-state index contributed by atoms with van der Waals surface area (Å²) < 4.78 is 14.0. The van der Waals surface area contributed by atoms with Crippen LogP contribution in [0.3, 0.4) is 0 Å². The number of nitrogens with zero attached hydrogens (tertiary/aromatic N) is 4. The standard InChI is InChI=1S/C13H12FN5O/c14-10-5-9(6-15)1-2-11(10)19-4-3-13(20,8-19)12-7-16-18-17-12/h1-2,5,7,20H,3-4,8H2,(H,16,17,18)/t13-/m1/s1. The van der Waals surface area contributed by atoms with Crippen LogP contribution < -0.4 is 4.90 Å². The zero-order valence-electron chi connectivity index (χ0n) is 10.5. The molecule has 1 fully saturated rings. The molecule has 102 valence electrons. The van der Waals surface area contributed by atoms with Gasteiger partial charge in [0.15, 0.2) is 0 Å². The van der Waals surface area contributed by atoms with Crippen LogP contribution in [0.5, 0.6) is 0 Å². The van der Waals surface area contributed by atoms with Crippen molar-refractivity contribution >= 4 is 5.69 Å². The largest absolute Gasteiger partial charge is 0.381 e. The summed E-state index contributed by atoms with van der Waals surface area (Å²) in [4.78, 5) is 1.74. The maximum absolute atomic E-state index is 14.0. The first-order valence-electron chi connectivity index (χ1n) is 6.16. The molecule has 0 saturated carbocycles. The van der Waals surface area contributed by atoms with Crippen molar-refractivity contribution in [1.29, 1.82) is 5.26 Å². The Morgan fingerprint density at radius 1 is 1.50 bits per heavy atom. The first kappa shape index (κ1) is 12.6. The lowest BCUT2D eigenvalue weighted by atomic mass is 10.00. The van der Waals surface area contributed by atoms with Crippen LogP contribution in [0, 0.1) is 17.1 Å². The number of halogens is 1. The molecule has 1 aromatic heterocycles. The van der Waals surface area contributed by atoms with E-state index in [1.54, 1.807) is 17.0 Å². The molecule has 0 unspecified atom stereocenters. The van der Waals surface area contributed by atoms with Crippen molar-refractivity contribution in [3.05, 3.63) is 41.5 Å². The van der Waals surface area contributed by atoms with Crippen LogP contribution >= 0.6 is 0 Å². The van der Waals surface area contributed by atoms with Crippen molar-refractivity contribution in [2.45, 2.75) is 12.0 Å². The minimum absolute atomic E-state index is 0.238. The smallest absolute Gasteiger partial charge is 0.147 e. The van der Waals surface area contributed by atoms with E-state index < -0.39 is 11.4 Å². The third kappa shape index (κ3) is 2.00. The Bertz CT molecular complexity index is 666. The first-order valence-corrected chi connectivity index (χ1v) is 6.16. The fourth-order valence-corrected chi connectivity index (χ4v) is 2.47. The van der Waals surface area contributed by atoms with Gasteiger partial charge in [0.05, 0.1) is 30.1 Å². The number of aromatic nitrogens is 3. The Morgan fingerprint density at radius 3 is 3.00 bits per heavy atom. The van der Waals surface area contributed by atoms with Crippen molar-refractivity contribution in [2.75, 3.05) is 18.0 Å². The normalized spacial score (nSPS) is 21.9. The quantitative estimate of drug-likeness (QED) is 0.849. The molecule has 2 heterocycles. The number of aliphatic hydroxyl groups is 1. The van der Waals surface area contributed by atoms with Crippen molar-refractivity contribution in [2.24, 2.45) is 0 Å². The van der Waals surface area contributed by atoms with Gasteiger partial charge in [-0.2, -0.15) is 20.7 Å². The van der Waals surface area contributed by atoms with E-state index >= 15 is 0 Å². The second-order valence-corrected chi connectivity index (χ2v) is 4.84. The Morgan fingerprint density at radius 2 is 2.35 bits per heavy atom. The Kier molecular flexibility index (Phi) is 2.88. The van der Waals surface area contributed by atoms with Gasteiger partial charge < -0.3 is 10.0 Å². The summed E-state index contributed by atoms with van der Waals surface area (Å²) in [6.07, 6.45) is 1.91. The molecule has 0 bridgehead atoms. The molecule has 0 radical (unpaired) electrons. The highest BCUT2D eigenvalue weighted by Gasteiger charge is 2.40. The first-order chi connectivity index (χ1) is 9.62. The number of H-pyrrole nitrogens is 1. The van der Waals surface area contributed by atoms with Crippen LogP contribution in [0.25, 0.3) is 0 Å². The number of aromatic amines is 1. The number of anilines is 1. The fourth-order valence-electron chi connectivity index (χ4n) is 2.47. The second kappa shape index (κ2) is 4.58. The van der Waals surface area contributed by atoms with Crippen LogP contribution in [0.1, 0.15) is 17.7 Å². The lowest BCUT2D eigenvalue weighted by molar-refractivity contribution is 0.0559. The topological polar surface area (TPSA) is 88.8 Å². The molecule has 1 aromatic carbocycles. The van der Waals surface area contributed by atoms with Crippen LogP contribution in [-0.2, 0) is 5.60 Å². The van der Waals surface area contributed by atoms with E-state index in [9.17, 15) is 9.50 Å². The number of rotatable bonds is 2. The molecule has 1 saturated heterocycles. The van der Waals surface area contributed by atoms with Crippen LogP contribution in [0.4, 0.5) is 10.1 Å². The number of β-amino-alcohol motifs (C(OH)–C–C–N with tert-alkyl or cyclic N) is 1. The fraction of sp³-hybridized carbons (Fsp3) is 0.308. The van der Waals surface area contributed by atoms with Gasteiger partial charge >= 0.3 is 0 Å². The molecule has 6 nitrogen and oxygen atoms in total. The molecule has 1 atom stereocenters. The highest BCUT2D eigenvalue weighted by Crippen LogP contribution is 2.34. The third-order valence-corrected chi connectivity index (χ3v) is 3.56. The molecular formula is C13H12FN5O. The van der Waals surface area contributed by atoms with Gasteiger partial charge in [-0.15, -0.1) is 0 Å². The zero-order valence-corrected chi connectivity index (χ0v) is 10.5. The molecule has 2 N–H and O–H groups in total. The SMILES string of the molecule is N#Cc1ccc(N2CC[C@](O)(c3cn[nH]n3)C2)c(F)c1. The van der Waals surface area contributed by atoms with Crippen LogP contribution in [0.2, 0.25) is 0 Å². The molecule has 0 spiro atoms. The summed E-state index contributed by atoms with van der Waals surface area (Å²) in [7, 11) is 0. The molecule has 7 heteroatoms. The highest BCUT2D eigenvalue weighted by atomic mass is 19.1. The average molecular weight is 273 g/mol. The zero-order chi connectivity index (χ0) is 14.2. The Hall–Kier alpha value is -2.46. The number of benzene rings is 1.